The van der Waals surface area contributed by atoms with Gasteiger partial charge in [0.15, 0.2) is 0 Å². The van der Waals surface area contributed by atoms with E-state index in [0.717, 1.165) is 30.8 Å². The third-order valence-corrected chi connectivity index (χ3v) is 4.73. The molecule has 0 bridgehead atoms. The van der Waals surface area contributed by atoms with E-state index >= 15 is 0 Å². The molecule has 3 heterocycles. The number of piperidine rings is 1. The van der Waals surface area contributed by atoms with Gasteiger partial charge < -0.3 is 9.80 Å². The highest BCUT2D eigenvalue weighted by atomic mass is 32.1. The predicted molar refractivity (Wildman–Crippen MR) is 71.5 cm³/mol. The van der Waals surface area contributed by atoms with Gasteiger partial charge in [0.2, 0.25) is 11.8 Å². The summed E-state index contributed by atoms with van der Waals surface area (Å²) in [5.41, 5.74) is 0. The van der Waals surface area contributed by atoms with Crippen LogP contribution in [0.4, 0.5) is 0 Å². The van der Waals surface area contributed by atoms with E-state index < -0.39 is 0 Å². The number of hydrogen-bond donors (Lipinski definition) is 0. The van der Waals surface area contributed by atoms with Crippen LogP contribution >= 0.6 is 11.3 Å². The van der Waals surface area contributed by atoms with Gasteiger partial charge in [-0.3, -0.25) is 9.59 Å². The topological polar surface area (TPSA) is 53.5 Å². The summed E-state index contributed by atoms with van der Waals surface area (Å²) in [5.74, 6) is 0.169. The van der Waals surface area contributed by atoms with Crippen molar-refractivity contribution in [1.29, 1.82) is 0 Å². The molecule has 3 rings (SSSR count). The quantitative estimate of drug-likeness (QED) is 0.819. The second-order valence-electron chi connectivity index (χ2n) is 5.11. The van der Waals surface area contributed by atoms with Gasteiger partial charge in [0.1, 0.15) is 17.1 Å². The summed E-state index contributed by atoms with van der Waals surface area (Å²) in [5, 5.41) is 2.78. The molecule has 2 saturated heterocycles. The summed E-state index contributed by atoms with van der Waals surface area (Å²) >= 11 is 1.52. The largest absolute Gasteiger partial charge is 0.329 e. The molecule has 0 N–H and O–H groups in total. The SMILES string of the molecule is CC1C(=O)N2CCCCC2C(=O)N1Cc1nccs1. The van der Waals surface area contributed by atoms with Crippen LogP contribution in [0.1, 0.15) is 31.2 Å². The molecular formula is C13H17N3O2S. The van der Waals surface area contributed by atoms with Gasteiger partial charge in [-0.05, 0) is 26.2 Å². The van der Waals surface area contributed by atoms with Crippen molar-refractivity contribution >= 4 is 23.2 Å². The third-order valence-electron chi connectivity index (χ3n) is 3.97. The maximum absolute atomic E-state index is 12.6. The Morgan fingerprint density at radius 2 is 2.21 bits per heavy atom. The molecule has 1 aromatic heterocycles. The molecule has 0 aliphatic carbocycles. The number of aromatic nitrogens is 1. The molecule has 0 radical (unpaired) electrons. The summed E-state index contributed by atoms with van der Waals surface area (Å²) in [6.45, 7) is 3.00. The Bertz CT molecular complexity index is 488. The number of piperazine rings is 1. The lowest BCUT2D eigenvalue weighted by molar-refractivity contribution is -0.163. The van der Waals surface area contributed by atoms with Crippen LogP contribution < -0.4 is 0 Å². The van der Waals surface area contributed by atoms with Crippen LogP contribution in [-0.2, 0) is 16.1 Å². The molecule has 2 aliphatic rings. The molecule has 19 heavy (non-hydrogen) atoms. The molecule has 1 aromatic rings. The van der Waals surface area contributed by atoms with Gasteiger partial charge in [0.05, 0.1) is 6.54 Å². The van der Waals surface area contributed by atoms with Crippen LogP contribution in [0.25, 0.3) is 0 Å². The first-order valence-electron chi connectivity index (χ1n) is 6.68. The zero-order valence-corrected chi connectivity index (χ0v) is 11.7. The maximum atomic E-state index is 12.6. The number of nitrogens with zero attached hydrogens (tertiary/aromatic N) is 3. The average Bonchev–Trinajstić information content (AvgIpc) is 2.94. The summed E-state index contributed by atoms with van der Waals surface area (Å²) in [4.78, 5) is 32.6. The Balaban J connectivity index is 1.83. The zero-order valence-electron chi connectivity index (χ0n) is 10.9. The minimum absolute atomic E-state index is 0.0841. The summed E-state index contributed by atoms with van der Waals surface area (Å²) in [7, 11) is 0. The first-order chi connectivity index (χ1) is 9.18. The standard InChI is InChI=1S/C13H17N3O2S/c1-9-12(17)15-6-3-2-4-10(15)13(18)16(9)8-11-14-5-7-19-11/h5,7,9-10H,2-4,6,8H2,1H3. The molecule has 0 aromatic carbocycles. The van der Waals surface area contributed by atoms with E-state index in [1.165, 1.54) is 11.3 Å². The molecule has 0 saturated carbocycles. The van der Waals surface area contributed by atoms with Crippen molar-refractivity contribution in [3.63, 3.8) is 0 Å². The van der Waals surface area contributed by atoms with Gasteiger partial charge in [-0.1, -0.05) is 0 Å². The highest BCUT2D eigenvalue weighted by Gasteiger charge is 2.44. The highest BCUT2D eigenvalue weighted by Crippen LogP contribution is 2.27. The second kappa shape index (κ2) is 4.92. The molecular weight excluding hydrogens is 262 g/mol. The van der Waals surface area contributed by atoms with Crippen molar-refractivity contribution in [2.45, 2.75) is 44.8 Å². The normalized spacial score (nSPS) is 27.6. The van der Waals surface area contributed by atoms with Crippen molar-refractivity contribution in [1.82, 2.24) is 14.8 Å². The fraction of sp³-hybridized carbons (Fsp3) is 0.615. The lowest BCUT2D eigenvalue weighted by Crippen LogP contribution is -2.64. The van der Waals surface area contributed by atoms with Gasteiger partial charge >= 0.3 is 0 Å². The molecule has 6 heteroatoms. The fourth-order valence-corrected chi connectivity index (χ4v) is 3.51. The van der Waals surface area contributed by atoms with Crippen molar-refractivity contribution in [3.8, 4) is 0 Å². The van der Waals surface area contributed by atoms with Gasteiger partial charge in [-0.2, -0.15) is 0 Å². The molecule has 2 unspecified atom stereocenters. The van der Waals surface area contributed by atoms with E-state index in [1.807, 2.05) is 12.3 Å². The smallest absolute Gasteiger partial charge is 0.246 e. The number of fused-ring (bicyclic) bond motifs is 1. The van der Waals surface area contributed by atoms with Crippen LogP contribution in [0.3, 0.4) is 0 Å². The molecule has 2 amide bonds. The molecule has 2 fully saturated rings. The van der Waals surface area contributed by atoms with E-state index in [-0.39, 0.29) is 23.9 Å². The van der Waals surface area contributed by atoms with E-state index in [4.69, 9.17) is 0 Å². The lowest BCUT2D eigenvalue weighted by Gasteiger charge is -2.45. The van der Waals surface area contributed by atoms with Crippen molar-refractivity contribution < 1.29 is 9.59 Å². The average molecular weight is 279 g/mol. The highest BCUT2D eigenvalue weighted by molar-refractivity contribution is 7.09. The van der Waals surface area contributed by atoms with Crippen LogP contribution in [0.5, 0.6) is 0 Å². The van der Waals surface area contributed by atoms with Crippen molar-refractivity contribution in [3.05, 3.63) is 16.6 Å². The van der Waals surface area contributed by atoms with Gasteiger partial charge in [-0.25, -0.2) is 4.98 Å². The Labute approximate surface area is 116 Å². The minimum atomic E-state index is -0.370. The van der Waals surface area contributed by atoms with E-state index in [2.05, 4.69) is 4.98 Å². The lowest BCUT2D eigenvalue weighted by atomic mass is 9.96. The zero-order chi connectivity index (χ0) is 13.4. The Kier molecular flexibility index (Phi) is 3.26. The monoisotopic (exact) mass is 279 g/mol. The Morgan fingerprint density at radius 1 is 1.37 bits per heavy atom. The van der Waals surface area contributed by atoms with Gasteiger partial charge in [0.25, 0.3) is 0 Å². The van der Waals surface area contributed by atoms with E-state index in [9.17, 15) is 9.59 Å². The molecule has 2 aliphatic heterocycles. The molecule has 0 spiro atoms. The van der Waals surface area contributed by atoms with Crippen LogP contribution in [0, 0.1) is 0 Å². The van der Waals surface area contributed by atoms with Crippen LogP contribution in [-0.4, -0.2) is 45.2 Å². The Hall–Kier alpha value is -1.43. The molecule has 102 valence electrons. The molecule has 5 nitrogen and oxygen atoms in total. The first-order valence-corrected chi connectivity index (χ1v) is 7.56. The van der Waals surface area contributed by atoms with Gasteiger partial charge in [0, 0.05) is 18.1 Å². The fourth-order valence-electron chi connectivity index (χ4n) is 2.90. The summed E-state index contributed by atoms with van der Waals surface area (Å²) in [6.07, 6.45) is 4.56. The van der Waals surface area contributed by atoms with Crippen molar-refractivity contribution in [2.24, 2.45) is 0 Å². The van der Waals surface area contributed by atoms with Gasteiger partial charge in [-0.15, -0.1) is 11.3 Å². The number of hydrogen-bond acceptors (Lipinski definition) is 4. The molecule has 2 atom stereocenters. The Morgan fingerprint density at radius 3 is 2.95 bits per heavy atom. The third kappa shape index (κ3) is 2.14. The number of carbonyl (C=O) groups is 2. The number of amides is 2. The van der Waals surface area contributed by atoms with Crippen LogP contribution in [0.2, 0.25) is 0 Å². The predicted octanol–water partition coefficient (Wildman–Crippen LogP) is 1.25. The summed E-state index contributed by atoms with van der Waals surface area (Å²) < 4.78 is 0. The van der Waals surface area contributed by atoms with Crippen molar-refractivity contribution in [2.75, 3.05) is 6.54 Å². The number of thiazole rings is 1. The first kappa shape index (κ1) is 12.6. The number of carbonyl (C=O) groups excluding carboxylic acids is 2. The van der Waals surface area contributed by atoms with E-state index in [0.29, 0.717) is 6.54 Å². The number of rotatable bonds is 2. The minimum Gasteiger partial charge on any atom is -0.329 e. The van der Waals surface area contributed by atoms with E-state index in [1.54, 1.807) is 16.0 Å². The van der Waals surface area contributed by atoms with Crippen LogP contribution in [0.15, 0.2) is 11.6 Å². The maximum Gasteiger partial charge on any atom is 0.246 e. The second-order valence-corrected chi connectivity index (χ2v) is 6.09. The summed E-state index contributed by atoms with van der Waals surface area (Å²) in [6, 6.07) is -0.608.